The van der Waals surface area contributed by atoms with Crippen LogP contribution in [0.3, 0.4) is 0 Å². The third-order valence-corrected chi connectivity index (χ3v) is 45.5. The molecule has 3 unspecified atom stereocenters. The molecule has 19 rings (SSSR count). The number of hydrogen-bond acceptors (Lipinski definition) is 4. The Labute approximate surface area is 782 Å². The molecule has 0 aromatic heterocycles. The molecule has 8 atom stereocenters. The Morgan fingerprint density at radius 2 is 0.729 bits per heavy atom. The summed E-state index contributed by atoms with van der Waals surface area (Å²) < 4.78 is 123. The number of hydrogen-bond donors (Lipinski definition) is 0. The average molecular weight is 1900 g/mol. The van der Waals surface area contributed by atoms with Crippen LogP contribution >= 0.6 is 47.5 Å². The molecule has 18 heteroatoms. The van der Waals surface area contributed by atoms with E-state index < -0.39 is 48.1 Å². The molecular formula is C111H127F7FeO4P6. The quantitative estimate of drug-likeness (QED) is 0.0549. The number of ether oxygens (including phenoxy) is 4. The van der Waals surface area contributed by atoms with Gasteiger partial charge in [-0.05, 0) is 252 Å². The number of fused-ring (bicyclic) bond motifs is 4. The van der Waals surface area contributed by atoms with Gasteiger partial charge in [0.05, 0.1) is 5.56 Å². The van der Waals surface area contributed by atoms with Gasteiger partial charge in [-0.2, -0.15) is 13.2 Å². The van der Waals surface area contributed by atoms with Gasteiger partial charge >= 0.3 is 18.8 Å². The van der Waals surface area contributed by atoms with Gasteiger partial charge in [0.15, 0.2) is 23.0 Å². The van der Waals surface area contributed by atoms with Crippen LogP contribution in [0.5, 0.6) is 23.0 Å². The summed E-state index contributed by atoms with van der Waals surface area (Å²) in [7, 11) is -4.27. The molecule has 0 spiro atoms. The molecule has 8 aliphatic rings. The second kappa shape index (κ2) is 43.3. The first-order chi connectivity index (χ1) is 61.5. The van der Waals surface area contributed by atoms with E-state index >= 15 is 0 Å². The number of alkyl halides is 7. The minimum Gasteiger partial charge on any atom is -0.395 e. The van der Waals surface area contributed by atoms with E-state index in [0.29, 0.717) is 38.3 Å². The third kappa shape index (κ3) is 23.1. The molecule has 0 N–H and O–H groups in total. The van der Waals surface area contributed by atoms with Crippen LogP contribution in [0, 0.1) is 26.7 Å². The second-order valence-corrected chi connectivity index (χ2v) is 54.1. The zero-order chi connectivity index (χ0) is 90.2. The van der Waals surface area contributed by atoms with Crippen LogP contribution in [0.15, 0.2) is 255 Å². The standard InChI is InChI=1S/C41H53F3P2.C38H24F4O4P2.C24H32P2.C5H10.C3H8.Fe/c1-28-22-29(2)25-35(24-28)45(36-26-30(3)23-32(27-36)41(42,43)44)31(4)37-19-13-20-38(37)39-18-11-12-21-40(39)46(33-14-7-5-8-15-33)34-16-9-6-10-17-34;39-37(40)43-29-21-23-31(47(25-13-5-1-6-14-25)26-15-7-2-8-16-26)33(35(29)45-37)34-32(24-22-30-36(34)46-38(41,42)44-30)48(27-17-9-3-10-18-27)28-19-11-4-12-20-28;1-23(2,3)25-15-17-11-7-9-13-19(17)21(25)22-20-14-10-8-12-18(20)16-26(22)24(4,5)6;1-2-4-5-3-1;1-3-2;/h11-12,18,21-27,31,33-34,37-38H,5-10,13-17,19-20H2,1-4H3;1-24H;7-14,21-22H,15-16H2,1-6H3;1-5H2;3H2,1-2H3;/t31-,37?,38?,45?;;21-,22-,25+,26+;;;/m1.1.../s1. The van der Waals surface area contributed by atoms with Crippen molar-refractivity contribution < 1.29 is 66.7 Å². The fraction of sp³-hybridized carbons (Fsp3) is 0.405. The van der Waals surface area contributed by atoms with Crippen molar-refractivity contribution in [2.24, 2.45) is 5.92 Å². The topological polar surface area (TPSA) is 36.9 Å². The predicted molar refractivity (Wildman–Crippen MR) is 534 cm³/mol. The Bertz CT molecular complexity index is 5170. The average Bonchev–Trinajstić information content (AvgIpc) is 1.54. The molecule has 11 aromatic carbocycles. The molecule has 4 heterocycles. The molecule has 129 heavy (non-hydrogen) atoms. The number of rotatable bonds is 16. The molecule has 4 nitrogen and oxygen atoms in total. The van der Waals surface area contributed by atoms with Crippen LogP contribution in [-0.2, 0) is 35.6 Å². The van der Waals surface area contributed by atoms with Gasteiger partial charge in [-0.25, -0.2) is 0 Å². The van der Waals surface area contributed by atoms with Crippen LogP contribution in [0.4, 0.5) is 30.7 Å². The summed E-state index contributed by atoms with van der Waals surface area (Å²) in [5.41, 5.74) is 14.6. The fourth-order valence-corrected chi connectivity index (χ4v) is 40.8. The second-order valence-electron chi connectivity index (χ2n) is 38.0. The van der Waals surface area contributed by atoms with E-state index in [4.69, 9.17) is 18.9 Å². The summed E-state index contributed by atoms with van der Waals surface area (Å²) in [6, 6.07) is 84.7. The minimum absolute atomic E-state index is 0. The number of halogens is 7. The summed E-state index contributed by atoms with van der Waals surface area (Å²) in [6.45, 7) is 27.6. The Morgan fingerprint density at radius 3 is 1.12 bits per heavy atom. The maximum Gasteiger partial charge on any atom is 0.586 e. The molecular weight excluding hydrogens is 1770 g/mol. The molecule has 4 aliphatic heterocycles. The Hall–Kier alpha value is -6.77. The largest absolute Gasteiger partial charge is 0.586 e. The van der Waals surface area contributed by atoms with Crippen LogP contribution in [0.1, 0.15) is 252 Å². The number of aryl methyl sites for hydroxylation is 3. The zero-order valence-corrected chi connectivity index (χ0v) is 83.4. The normalized spacial score (nSPS) is 20.6. The molecule has 11 aromatic rings. The first-order valence-electron chi connectivity index (χ1n) is 46.8. The molecule has 0 amide bonds. The van der Waals surface area contributed by atoms with Gasteiger partial charge < -0.3 is 18.9 Å². The van der Waals surface area contributed by atoms with Gasteiger partial charge in [-0.1, -0.05) is 399 Å². The van der Waals surface area contributed by atoms with E-state index in [1.54, 1.807) is 45.3 Å². The molecule has 0 bridgehead atoms. The van der Waals surface area contributed by atoms with Crippen molar-refractivity contribution in [1.82, 2.24) is 0 Å². The van der Waals surface area contributed by atoms with E-state index in [9.17, 15) is 30.7 Å². The zero-order valence-electron chi connectivity index (χ0n) is 77.0. The van der Waals surface area contributed by atoms with Crippen molar-refractivity contribution in [2.45, 2.75) is 281 Å². The van der Waals surface area contributed by atoms with Crippen molar-refractivity contribution in [3.63, 3.8) is 0 Å². The summed E-state index contributed by atoms with van der Waals surface area (Å²) in [4.78, 5) is 0. The van der Waals surface area contributed by atoms with E-state index in [0.717, 1.165) is 55.6 Å². The van der Waals surface area contributed by atoms with E-state index in [1.165, 1.54) is 169 Å². The SMILES string of the molecule is C1CCCC1.CC(C)(C)[P@@]1Cc2ccccc2[C@@H]1[C@H]1c2ccccc2C[P@]1C(C)(C)C.CCC.Cc1cc(C)cc(P(c2cc(C)cc(C(F)(F)F)c2)[C@H](C)C2CCCC2c2ccccc2P(C2CCCCC2)C2CCCCC2)c1.FC1(F)Oc2ccc(P(c3ccccc3)c3ccccc3)c(-c3c(P(c4ccccc4)c4ccccc4)ccc4c3OC(F)(F)O4)c2O1.[Fe]. The summed E-state index contributed by atoms with van der Waals surface area (Å²) in [5, 5.41) is 9.43. The maximum absolute atomic E-state index is 15.0. The van der Waals surface area contributed by atoms with Crippen molar-refractivity contribution in [2.75, 3.05) is 0 Å². The van der Waals surface area contributed by atoms with Gasteiger partial charge in [0, 0.05) is 39.5 Å². The smallest absolute Gasteiger partial charge is 0.395 e. The fourth-order valence-electron chi connectivity index (χ4n) is 21.1. The molecule has 4 saturated carbocycles. The summed E-state index contributed by atoms with van der Waals surface area (Å²) >= 11 is 0. The monoisotopic (exact) mass is 1900 g/mol. The maximum atomic E-state index is 15.0. The molecule has 0 saturated heterocycles. The molecule has 682 valence electrons. The minimum atomic E-state index is -4.35. The van der Waals surface area contributed by atoms with Crippen molar-refractivity contribution >= 4 is 95.3 Å². The van der Waals surface area contributed by atoms with E-state index in [-0.39, 0.29) is 80.6 Å². The van der Waals surface area contributed by atoms with Crippen LogP contribution < -0.4 is 66.7 Å². The van der Waals surface area contributed by atoms with Crippen molar-refractivity contribution in [1.29, 1.82) is 0 Å². The van der Waals surface area contributed by atoms with Gasteiger partial charge in [-0.3, -0.25) is 0 Å². The van der Waals surface area contributed by atoms with Crippen molar-refractivity contribution in [3.8, 4) is 34.1 Å². The van der Waals surface area contributed by atoms with Gasteiger partial charge in [0.1, 0.15) is 0 Å². The summed E-state index contributed by atoms with van der Waals surface area (Å²) in [5.74, 6) is -0.0212. The van der Waals surface area contributed by atoms with Gasteiger partial charge in [0.2, 0.25) is 0 Å². The predicted octanol–water partition coefficient (Wildman–Crippen LogP) is 30.7. The Kier molecular flexibility index (Phi) is 33.0. The molecule has 4 fully saturated rings. The van der Waals surface area contributed by atoms with Crippen LogP contribution in [-0.4, -0.2) is 39.9 Å². The third-order valence-electron chi connectivity index (χ3n) is 26.6. The van der Waals surface area contributed by atoms with Crippen LogP contribution in [0.25, 0.3) is 11.1 Å². The first kappa shape index (κ1) is 98.2. The van der Waals surface area contributed by atoms with Gasteiger partial charge in [0.25, 0.3) is 0 Å². The van der Waals surface area contributed by atoms with Gasteiger partial charge in [-0.15, -0.1) is 17.6 Å². The Morgan fingerprint density at radius 1 is 0.380 bits per heavy atom. The first-order valence-corrected chi connectivity index (χ1v) is 55.5. The molecule has 0 radical (unpaired) electrons. The Balaban J connectivity index is 0.000000154. The molecule has 4 aliphatic carbocycles. The van der Waals surface area contributed by atoms with Crippen LogP contribution in [0.2, 0.25) is 0 Å². The number of benzene rings is 11. The van der Waals surface area contributed by atoms with E-state index in [1.807, 2.05) is 128 Å². The van der Waals surface area contributed by atoms with E-state index in [2.05, 4.69) is 173 Å². The van der Waals surface area contributed by atoms with Crippen molar-refractivity contribution in [3.05, 3.63) is 305 Å². The summed E-state index contributed by atoms with van der Waals surface area (Å²) in [6.07, 6.45) is 16.5.